The van der Waals surface area contributed by atoms with Gasteiger partial charge in [0.15, 0.2) is 0 Å². The Morgan fingerprint density at radius 1 is 1.23 bits per heavy atom. The number of nitrogens with one attached hydrogen (secondary N) is 2. The molecule has 3 N–H and O–H groups in total. The van der Waals surface area contributed by atoms with Gasteiger partial charge in [0.1, 0.15) is 5.82 Å². The maximum atomic E-state index is 13.2. The third-order valence-electron chi connectivity index (χ3n) is 3.24. The number of amides is 1. The summed E-state index contributed by atoms with van der Waals surface area (Å²) in [7, 11) is 0. The van der Waals surface area contributed by atoms with Gasteiger partial charge in [-0.15, -0.1) is 0 Å². The van der Waals surface area contributed by atoms with Gasteiger partial charge in [0.05, 0.1) is 6.61 Å². The summed E-state index contributed by atoms with van der Waals surface area (Å²) in [5.74, 6) is -0.443. The quantitative estimate of drug-likeness (QED) is 0.768. The van der Waals surface area contributed by atoms with Crippen LogP contribution < -0.4 is 10.6 Å². The molecule has 2 aromatic rings. The van der Waals surface area contributed by atoms with E-state index in [-0.39, 0.29) is 24.9 Å². The maximum absolute atomic E-state index is 13.2. The minimum atomic E-state index is -0.227. The highest BCUT2D eigenvalue weighted by Crippen LogP contribution is 2.14. The normalized spacial score (nSPS) is 10.3. The number of anilines is 1. The van der Waals surface area contributed by atoms with E-state index in [1.54, 1.807) is 37.3 Å². The van der Waals surface area contributed by atoms with Crippen LogP contribution in [0.1, 0.15) is 21.5 Å². The van der Waals surface area contributed by atoms with Crippen molar-refractivity contribution in [3.05, 3.63) is 65.0 Å². The van der Waals surface area contributed by atoms with Crippen molar-refractivity contribution in [2.24, 2.45) is 0 Å². The SMILES string of the molecule is Cc1cc(CNc2cccc(C(=O)NCCO)c2)ccc1F. The summed E-state index contributed by atoms with van der Waals surface area (Å²) in [5.41, 5.74) is 2.90. The van der Waals surface area contributed by atoms with Gasteiger partial charge in [-0.2, -0.15) is 0 Å². The molecule has 0 radical (unpaired) electrons. The first-order valence-electron chi connectivity index (χ1n) is 7.08. The van der Waals surface area contributed by atoms with Crippen molar-refractivity contribution >= 4 is 11.6 Å². The van der Waals surface area contributed by atoms with Gasteiger partial charge in [-0.25, -0.2) is 4.39 Å². The highest BCUT2D eigenvalue weighted by molar-refractivity contribution is 5.95. The van der Waals surface area contributed by atoms with Gasteiger partial charge in [0.25, 0.3) is 5.91 Å². The van der Waals surface area contributed by atoms with Gasteiger partial charge in [-0.3, -0.25) is 4.79 Å². The van der Waals surface area contributed by atoms with Crippen LogP contribution in [0, 0.1) is 12.7 Å². The monoisotopic (exact) mass is 302 g/mol. The van der Waals surface area contributed by atoms with Gasteiger partial charge < -0.3 is 15.7 Å². The number of carbonyl (C=O) groups excluding carboxylic acids is 1. The summed E-state index contributed by atoms with van der Waals surface area (Å²) >= 11 is 0. The molecule has 0 aliphatic carbocycles. The number of hydrogen-bond donors (Lipinski definition) is 3. The molecule has 1 amide bonds. The Balaban J connectivity index is 2.01. The lowest BCUT2D eigenvalue weighted by molar-refractivity contribution is 0.0945. The molecule has 0 fully saturated rings. The molecule has 0 aliphatic heterocycles. The molecule has 0 saturated heterocycles. The van der Waals surface area contributed by atoms with Crippen LogP contribution in [0.15, 0.2) is 42.5 Å². The predicted octanol–water partition coefficient (Wildman–Crippen LogP) is 2.47. The van der Waals surface area contributed by atoms with Crippen LogP contribution in [-0.4, -0.2) is 24.2 Å². The van der Waals surface area contributed by atoms with Crippen molar-refractivity contribution in [1.82, 2.24) is 5.32 Å². The van der Waals surface area contributed by atoms with Crippen molar-refractivity contribution < 1.29 is 14.3 Å². The van der Waals surface area contributed by atoms with E-state index < -0.39 is 0 Å². The Hall–Kier alpha value is -2.40. The van der Waals surface area contributed by atoms with Crippen LogP contribution in [0.25, 0.3) is 0 Å². The molecule has 0 unspecified atom stereocenters. The van der Waals surface area contributed by atoms with E-state index in [1.165, 1.54) is 6.07 Å². The molecular formula is C17H19FN2O2. The van der Waals surface area contributed by atoms with Gasteiger partial charge in [0.2, 0.25) is 0 Å². The molecule has 0 heterocycles. The van der Waals surface area contributed by atoms with Crippen molar-refractivity contribution in [3.63, 3.8) is 0 Å². The van der Waals surface area contributed by atoms with Gasteiger partial charge >= 0.3 is 0 Å². The molecule has 0 atom stereocenters. The third-order valence-corrected chi connectivity index (χ3v) is 3.24. The number of halogens is 1. The zero-order chi connectivity index (χ0) is 15.9. The van der Waals surface area contributed by atoms with Crippen LogP contribution in [0.3, 0.4) is 0 Å². The molecule has 116 valence electrons. The average molecular weight is 302 g/mol. The van der Waals surface area contributed by atoms with Crippen molar-refractivity contribution in [2.75, 3.05) is 18.5 Å². The summed E-state index contributed by atoms with van der Waals surface area (Å²) in [4.78, 5) is 11.8. The van der Waals surface area contributed by atoms with E-state index in [1.807, 2.05) is 6.07 Å². The van der Waals surface area contributed by atoms with Crippen LogP contribution in [0.5, 0.6) is 0 Å². The van der Waals surface area contributed by atoms with Gasteiger partial charge in [0, 0.05) is 24.3 Å². The van der Waals surface area contributed by atoms with Crippen LogP contribution in [0.4, 0.5) is 10.1 Å². The highest BCUT2D eigenvalue weighted by atomic mass is 19.1. The standard InChI is InChI=1S/C17H19FN2O2/c1-12-9-13(5-6-16(12)18)11-20-15-4-2-3-14(10-15)17(22)19-7-8-21/h2-6,9-10,20-21H,7-8,11H2,1H3,(H,19,22). The molecule has 0 aromatic heterocycles. The van der Waals surface area contributed by atoms with Crippen molar-refractivity contribution in [2.45, 2.75) is 13.5 Å². The van der Waals surface area contributed by atoms with Gasteiger partial charge in [-0.1, -0.05) is 18.2 Å². The fourth-order valence-electron chi connectivity index (χ4n) is 2.06. The van der Waals surface area contributed by atoms with Crippen molar-refractivity contribution in [1.29, 1.82) is 0 Å². The summed E-state index contributed by atoms with van der Waals surface area (Å²) < 4.78 is 13.2. The van der Waals surface area contributed by atoms with E-state index in [4.69, 9.17) is 5.11 Å². The Bertz CT molecular complexity index is 659. The number of aliphatic hydroxyl groups is 1. The van der Waals surface area contributed by atoms with Crippen molar-refractivity contribution in [3.8, 4) is 0 Å². The predicted molar refractivity (Wildman–Crippen MR) is 84.3 cm³/mol. The van der Waals surface area contributed by atoms with Crippen LogP contribution in [-0.2, 0) is 6.54 Å². The Kier molecular flexibility index (Phi) is 5.49. The second-order valence-corrected chi connectivity index (χ2v) is 5.00. The molecule has 2 aromatic carbocycles. The summed E-state index contributed by atoms with van der Waals surface area (Å²) in [6.07, 6.45) is 0. The van der Waals surface area contributed by atoms with Gasteiger partial charge in [-0.05, 0) is 42.3 Å². The lowest BCUT2D eigenvalue weighted by Gasteiger charge is -2.09. The molecule has 4 nitrogen and oxygen atoms in total. The fourth-order valence-corrected chi connectivity index (χ4v) is 2.06. The summed E-state index contributed by atoms with van der Waals surface area (Å²) in [6, 6.07) is 12.1. The van der Waals surface area contributed by atoms with E-state index in [2.05, 4.69) is 10.6 Å². The van der Waals surface area contributed by atoms with E-state index in [9.17, 15) is 9.18 Å². The lowest BCUT2D eigenvalue weighted by atomic mass is 10.1. The number of hydrogen-bond acceptors (Lipinski definition) is 3. The molecule has 0 aliphatic rings. The van der Waals surface area contributed by atoms with E-state index in [0.717, 1.165) is 11.3 Å². The molecule has 0 bridgehead atoms. The smallest absolute Gasteiger partial charge is 0.251 e. The number of carbonyl (C=O) groups is 1. The maximum Gasteiger partial charge on any atom is 0.251 e. The molecule has 5 heteroatoms. The number of benzene rings is 2. The first-order valence-corrected chi connectivity index (χ1v) is 7.08. The second kappa shape index (κ2) is 7.56. The zero-order valence-electron chi connectivity index (χ0n) is 12.4. The Morgan fingerprint density at radius 2 is 2.05 bits per heavy atom. The number of aryl methyl sites for hydroxylation is 1. The third kappa shape index (κ3) is 4.30. The van der Waals surface area contributed by atoms with E-state index in [0.29, 0.717) is 17.7 Å². The highest BCUT2D eigenvalue weighted by Gasteiger charge is 2.05. The Labute approximate surface area is 129 Å². The minimum Gasteiger partial charge on any atom is -0.395 e. The number of aliphatic hydroxyl groups excluding tert-OH is 1. The Morgan fingerprint density at radius 3 is 2.77 bits per heavy atom. The topological polar surface area (TPSA) is 61.4 Å². The summed E-state index contributed by atoms with van der Waals surface area (Å²) in [6.45, 7) is 2.41. The van der Waals surface area contributed by atoms with Crippen LogP contribution in [0.2, 0.25) is 0 Å². The minimum absolute atomic E-state index is 0.0897. The lowest BCUT2D eigenvalue weighted by Crippen LogP contribution is -2.26. The fraction of sp³-hybridized carbons (Fsp3) is 0.235. The molecular weight excluding hydrogens is 283 g/mol. The van der Waals surface area contributed by atoms with Crippen LogP contribution >= 0.6 is 0 Å². The molecule has 0 saturated carbocycles. The largest absolute Gasteiger partial charge is 0.395 e. The molecule has 0 spiro atoms. The van der Waals surface area contributed by atoms with E-state index >= 15 is 0 Å². The first kappa shape index (κ1) is 16.0. The average Bonchev–Trinajstić information content (AvgIpc) is 2.54. The molecule has 22 heavy (non-hydrogen) atoms. The number of rotatable bonds is 6. The first-order chi connectivity index (χ1) is 10.6. The zero-order valence-corrected chi connectivity index (χ0v) is 12.4. The molecule has 2 rings (SSSR count). The summed E-state index contributed by atoms with van der Waals surface area (Å²) in [5, 5.41) is 14.5. The second-order valence-electron chi connectivity index (χ2n) is 5.00.